The predicted octanol–water partition coefficient (Wildman–Crippen LogP) is 2.22. The number of methoxy groups -OCH3 is 1. The van der Waals surface area contributed by atoms with Gasteiger partial charge in [0.1, 0.15) is 6.33 Å². The minimum Gasteiger partial charge on any atom is -0.481 e. The van der Waals surface area contributed by atoms with Crippen LogP contribution in [0.5, 0.6) is 5.88 Å². The van der Waals surface area contributed by atoms with E-state index in [0.717, 1.165) is 12.1 Å². The smallest absolute Gasteiger partial charge is 0.216 e. The van der Waals surface area contributed by atoms with Crippen LogP contribution < -0.4 is 10.5 Å². The molecule has 1 aromatic carbocycles. The molecule has 0 spiro atoms. The highest BCUT2D eigenvalue weighted by molar-refractivity contribution is 5.36. The van der Waals surface area contributed by atoms with E-state index in [-0.39, 0.29) is 6.04 Å². The van der Waals surface area contributed by atoms with Gasteiger partial charge in [0, 0.05) is 6.07 Å². The van der Waals surface area contributed by atoms with Gasteiger partial charge in [-0.15, -0.1) is 0 Å². The molecular formula is C16H19N3O. The van der Waals surface area contributed by atoms with Crippen molar-refractivity contribution in [3.8, 4) is 5.88 Å². The summed E-state index contributed by atoms with van der Waals surface area (Å²) in [7, 11) is 1.60. The quantitative estimate of drug-likeness (QED) is 0.924. The van der Waals surface area contributed by atoms with Crippen molar-refractivity contribution in [1.82, 2.24) is 9.97 Å². The van der Waals surface area contributed by atoms with Crippen LogP contribution in [0.4, 0.5) is 0 Å². The summed E-state index contributed by atoms with van der Waals surface area (Å²) >= 11 is 0. The molecule has 1 aromatic heterocycles. The van der Waals surface area contributed by atoms with Crippen LogP contribution in [0.1, 0.15) is 34.8 Å². The fourth-order valence-electron chi connectivity index (χ4n) is 2.78. The summed E-state index contributed by atoms with van der Waals surface area (Å²) in [6.45, 7) is 0. The number of hydrogen-bond donors (Lipinski definition) is 1. The van der Waals surface area contributed by atoms with E-state index in [4.69, 9.17) is 10.5 Å². The van der Waals surface area contributed by atoms with Crippen molar-refractivity contribution in [2.45, 2.75) is 31.7 Å². The minimum atomic E-state index is -0.133. The van der Waals surface area contributed by atoms with Gasteiger partial charge < -0.3 is 10.5 Å². The van der Waals surface area contributed by atoms with Gasteiger partial charge in [0.05, 0.1) is 18.8 Å². The monoisotopic (exact) mass is 269 g/mol. The first-order valence-electron chi connectivity index (χ1n) is 6.98. The van der Waals surface area contributed by atoms with Crippen LogP contribution in [-0.2, 0) is 19.3 Å². The summed E-state index contributed by atoms with van der Waals surface area (Å²) in [4.78, 5) is 8.25. The second kappa shape index (κ2) is 5.59. The maximum Gasteiger partial charge on any atom is 0.216 e. The Bertz CT molecular complexity index is 612. The molecule has 0 aliphatic heterocycles. The Morgan fingerprint density at radius 1 is 1.20 bits per heavy atom. The summed E-state index contributed by atoms with van der Waals surface area (Å²) < 4.78 is 5.11. The molecule has 0 bridgehead atoms. The van der Waals surface area contributed by atoms with Crippen LogP contribution >= 0.6 is 0 Å². The highest BCUT2D eigenvalue weighted by Crippen LogP contribution is 2.25. The van der Waals surface area contributed by atoms with E-state index < -0.39 is 0 Å². The van der Waals surface area contributed by atoms with E-state index in [9.17, 15) is 0 Å². The summed E-state index contributed by atoms with van der Waals surface area (Å²) in [6, 6.07) is 8.39. The van der Waals surface area contributed by atoms with E-state index >= 15 is 0 Å². The summed E-state index contributed by atoms with van der Waals surface area (Å²) in [5.41, 5.74) is 11.3. The fourth-order valence-corrected chi connectivity index (χ4v) is 2.78. The molecule has 1 aliphatic rings. The lowest BCUT2D eigenvalue weighted by Gasteiger charge is -2.12. The van der Waals surface area contributed by atoms with Crippen LogP contribution in [0.25, 0.3) is 0 Å². The third-order valence-corrected chi connectivity index (χ3v) is 3.87. The first kappa shape index (κ1) is 13.1. The van der Waals surface area contributed by atoms with Crippen molar-refractivity contribution in [2.75, 3.05) is 7.11 Å². The predicted molar refractivity (Wildman–Crippen MR) is 77.7 cm³/mol. The van der Waals surface area contributed by atoms with Gasteiger partial charge in [0.25, 0.3) is 0 Å². The van der Waals surface area contributed by atoms with Gasteiger partial charge in [-0.3, -0.25) is 0 Å². The van der Waals surface area contributed by atoms with Gasteiger partial charge in [-0.25, -0.2) is 9.97 Å². The molecule has 2 aromatic rings. The number of rotatable bonds is 4. The topological polar surface area (TPSA) is 61.0 Å². The zero-order chi connectivity index (χ0) is 13.9. The second-order valence-electron chi connectivity index (χ2n) is 5.25. The number of hydrogen-bond acceptors (Lipinski definition) is 4. The van der Waals surface area contributed by atoms with Crippen LogP contribution in [0, 0.1) is 0 Å². The Hall–Kier alpha value is -1.94. The van der Waals surface area contributed by atoms with Crippen LogP contribution in [0.2, 0.25) is 0 Å². The largest absolute Gasteiger partial charge is 0.481 e. The molecule has 0 saturated carbocycles. The number of fused-ring (bicyclic) bond motifs is 1. The molecular weight excluding hydrogens is 250 g/mol. The number of aromatic nitrogens is 2. The van der Waals surface area contributed by atoms with Crippen molar-refractivity contribution < 1.29 is 4.74 Å². The van der Waals surface area contributed by atoms with E-state index in [1.165, 1.54) is 42.3 Å². The third-order valence-electron chi connectivity index (χ3n) is 3.87. The highest BCUT2D eigenvalue weighted by Gasteiger charge is 2.14. The Labute approximate surface area is 119 Å². The molecule has 1 heterocycles. The molecule has 1 unspecified atom stereocenters. The Morgan fingerprint density at radius 2 is 2.05 bits per heavy atom. The molecule has 20 heavy (non-hydrogen) atoms. The van der Waals surface area contributed by atoms with Gasteiger partial charge in [-0.2, -0.15) is 0 Å². The molecule has 2 N–H and O–H groups in total. The number of benzene rings is 1. The van der Waals surface area contributed by atoms with Crippen molar-refractivity contribution in [2.24, 2.45) is 5.73 Å². The molecule has 0 radical (unpaired) electrons. The lowest BCUT2D eigenvalue weighted by atomic mass is 10.00. The van der Waals surface area contributed by atoms with Gasteiger partial charge in [0.2, 0.25) is 5.88 Å². The zero-order valence-electron chi connectivity index (χ0n) is 11.7. The number of aryl methyl sites for hydroxylation is 2. The normalized spacial score (nSPS) is 14.9. The van der Waals surface area contributed by atoms with Crippen molar-refractivity contribution in [1.29, 1.82) is 0 Å². The fraction of sp³-hybridized carbons (Fsp3) is 0.375. The summed E-state index contributed by atoms with van der Waals surface area (Å²) in [6.07, 6.45) is 5.96. The van der Waals surface area contributed by atoms with E-state index in [0.29, 0.717) is 5.88 Å². The molecule has 1 atom stereocenters. The average molecular weight is 269 g/mol. The lowest BCUT2D eigenvalue weighted by Crippen LogP contribution is -2.15. The number of nitrogens with zero attached hydrogens (tertiary/aromatic N) is 2. The SMILES string of the molecule is COc1cc(C(N)Cc2ccc3c(c2)CCC3)ncn1. The second-order valence-corrected chi connectivity index (χ2v) is 5.25. The highest BCUT2D eigenvalue weighted by atomic mass is 16.5. The Balaban J connectivity index is 1.76. The molecule has 104 valence electrons. The van der Waals surface area contributed by atoms with Gasteiger partial charge in [0.15, 0.2) is 0 Å². The molecule has 1 aliphatic carbocycles. The maximum absolute atomic E-state index is 6.25. The van der Waals surface area contributed by atoms with Crippen molar-refractivity contribution in [3.05, 3.63) is 53.0 Å². The molecule has 4 heteroatoms. The molecule has 3 rings (SSSR count). The molecule has 0 amide bonds. The number of nitrogens with two attached hydrogens (primary N) is 1. The third kappa shape index (κ3) is 2.65. The van der Waals surface area contributed by atoms with Crippen molar-refractivity contribution in [3.63, 3.8) is 0 Å². The van der Waals surface area contributed by atoms with Gasteiger partial charge in [-0.05, 0) is 42.4 Å². The van der Waals surface area contributed by atoms with E-state index in [1.807, 2.05) is 0 Å². The summed E-state index contributed by atoms with van der Waals surface area (Å²) in [5, 5.41) is 0. The van der Waals surface area contributed by atoms with Gasteiger partial charge in [-0.1, -0.05) is 18.2 Å². The van der Waals surface area contributed by atoms with Crippen LogP contribution in [-0.4, -0.2) is 17.1 Å². The van der Waals surface area contributed by atoms with Crippen LogP contribution in [0.15, 0.2) is 30.6 Å². The van der Waals surface area contributed by atoms with Gasteiger partial charge >= 0.3 is 0 Å². The molecule has 0 fully saturated rings. The van der Waals surface area contributed by atoms with Crippen LogP contribution in [0.3, 0.4) is 0 Å². The minimum absolute atomic E-state index is 0.133. The number of ether oxygens (including phenoxy) is 1. The maximum atomic E-state index is 6.25. The molecule has 4 nitrogen and oxygen atoms in total. The first-order valence-corrected chi connectivity index (χ1v) is 6.98. The lowest BCUT2D eigenvalue weighted by molar-refractivity contribution is 0.395. The standard InChI is InChI=1S/C16H19N3O/c1-20-16-9-15(18-10-19-16)14(17)8-11-5-6-12-3-2-4-13(12)7-11/h5-7,9-10,14H,2-4,8,17H2,1H3. The zero-order valence-corrected chi connectivity index (χ0v) is 11.7. The molecule has 0 saturated heterocycles. The Morgan fingerprint density at radius 3 is 2.90 bits per heavy atom. The first-order chi connectivity index (χ1) is 9.76. The van der Waals surface area contributed by atoms with Crippen molar-refractivity contribution >= 4 is 0 Å². The average Bonchev–Trinajstić information content (AvgIpc) is 2.95. The summed E-state index contributed by atoms with van der Waals surface area (Å²) in [5.74, 6) is 0.555. The Kier molecular flexibility index (Phi) is 3.65. The van der Waals surface area contributed by atoms with E-state index in [1.54, 1.807) is 13.2 Å². The van der Waals surface area contributed by atoms with E-state index in [2.05, 4.69) is 28.2 Å².